The van der Waals surface area contributed by atoms with Crippen LogP contribution in [0.15, 0.2) is 66.7 Å². The minimum Gasteiger partial charge on any atom is -0.491 e. The fraction of sp³-hybridized carbons (Fsp3) is 0.296. The lowest BCUT2D eigenvalue weighted by Crippen LogP contribution is -2.50. The molecule has 0 aliphatic carbocycles. The SMILES string of the molecule is N#Cc1ccc(C(CO)N2CCN(c3ccc(OCCO)cc3Cl)[C@H](c3ccc(Cl)cc3)C2)cc1. The van der Waals surface area contributed by atoms with Gasteiger partial charge in [-0.15, -0.1) is 0 Å². The number of nitriles is 1. The van der Waals surface area contributed by atoms with Gasteiger partial charge in [0, 0.05) is 30.7 Å². The van der Waals surface area contributed by atoms with Gasteiger partial charge in [-0.2, -0.15) is 5.26 Å². The summed E-state index contributed by atoms with van der Waals surface area (Å²) in [5.74, 6) is 0.607. The smallest absolute Gasteiger partial charge is 0.121 e. The normalized spacial score (nSPS) is 17.1. The molecular formula is C27H27Cl2N3O3. The molecule has 0 bridgehead atoms. The molecule has 0 spiro atoms. The van der Waals surface area contributed by atoms with Crippen LogP contribution in [0.25, 0.3) is 0 Å². The molecule has 3 aromatic carbocycles. The van der Waals surface area contributed by atoms with Crippen LogP contribution in [0.4, 0.5) is 5.69 Å². The molecule has 1 aliphatic rings. The first-order chi connectivity index (χ1) is 17.0. The molecule has 1 fully saturated rings. The van der Waals surface area contributed by atoms with Gasteiger partial charge in [0.05, 0.1) is 47.6 Å². The first kappa shape index (κ1) is 25.3. The second-order valence-corrected chi connectivity index (χ2v) is 9.22. The highest BCUT2D eigenvalue weighted by Crippen LogP contribution is 2.39. The van der Waals surface area contributed by atoms with Gasteiger partial charge in [0.1, 0.15) is 12.4 Å². The Morgan fingerprint density at radius 2 is 1.74 bits per heavy atom. The number of rotatable bonds is 8. The van der Waals surface area contributed by atoms with Crippen molar-refractivity contribution in [3.8, 4) is 11.8 Å². The van der Waals surface area contributed by atoms with Crippen LogP contribution in [-0.4, -0.2) is 54.6 Å². The monoisotopic (exact) mass is 511 g/mol. The lowest BCUT2D eigenvalue weighted by Gasteiger charge is -2.46. The molecule has 8 heteroatoms. The van der Waals surface area contributed by atoms with Gasteiger partial charge in [0.25, 0.3) is 0 Å². The number of aliphatic hydroxyl groups excluding tert-OH is 2. The van der Waals surface area contributed by atoms with Gasteiger partial charge < -0.3 is 19.8 Å². The molecule has 0 aromatic heterocycles. The van der Waals surface area contributed by atoms with Crippen LogP contribution in [0.3, 0.4) is 0 Å². The first-order valence-electron chi connectivity index (χ1n) is 11.4. The molecular weight excluding hydrogens is 485 g/mol. The van der Waals surface area contributed by atoms with E-state index in [1.54, 1.807) is 18.2 Å². The van der Waals surface area contributed by atoms with Crippen LogP contribution < -0.4 is 9.64 Å². The number of aliphatic hydroxyl groups is 2. The van der Waals surface area contributed by atoms with Crippen molar-refractivity contribution in [2.24, 2.45) is 0 Å². The summed E-state index contributed by atoms with van der Waals surface area (Å²) in [5, 5.41) is 29.7. The molecule has 2 atom stereocenters. The Balaban J connectivity index is 1.64. The zero-order valence-corrected chi connectivity index (χ0v) is 20.7. The van der Waals surface area contributed by atoms with Crippen LogP contribution in [0.5, 0.6) is 5.75 Å². The fourth-order valence-electron chi connectivity index (χ4n) is 4.53. The zero-order valence-electron chi connectivity index (χ0n) is 19.1. The van der Waals surface area contributed by atoms with Gasteiger partial charge in [-0.05, 0) is 47.5 Å². The number of hydrogen-bond donors (Lipinski definition) is 2. The lowest BCUT2D eigenvalue weighted by atomic mass is 9.97. The Morgan fingerprint density at radius 1 is 1.00 bits per heavy atom. The highest BCUT2D eigenvalue weighted by Gasteiger charge is 2.33. The van der Waals surface area contributed by atoms with E-state index in [0.717, 1.165) is 16.8 Å². The Labute approximate surface area is 215 Å². The summed E-state index contributed by atoms with van der Waals surface area (Å²) in [4.78, 5) is 4.54. The van der Waals surface area contributed by atoms with Crippen molar-refractivity contribution in [2.45, 2.75) is 12.1 Å². The first-order valence-corrected chi connectivity index (χ1v) is 12.2. The van der Waals surface area contributed by atoms with Gasteiger partial charge in [-0.3, -0.25) is 4.90 Å². The number of piperazine rings is 1. The van der Waals surface area contributed by atoms with Crippen LogP contribution in [-0.2, 0) is 0 Å². The predicted molar refractivity (Wildman–Crippen MR) is 138 cm³/mol. The second-order valence-electron chi connectivity index (χ2n) is 8.37. The molecule has 182 valence electrons. The molecule has 1 saturated heterocycles. The summed E-state index contributed by atoms with van der Waals surface area (Å²) < 4.78 is 5.51. The van der Waals surface area contributed by atoms with Crippen LogP contribution in [0, 0.1) is 11.3 Å². The third-order valence-corrected chi connectivity index (χ3v) is 6.85. The average molecular weight is 512 g/mol. The van der Waals surface area contributed by atoms with Crippen molar-refractivity contribution in [2.75, 3.05) is 44.4 Å². The quantitative estimate of drug-likeness (QED) is 0.450. The molecule has 1 unspecified atom stereocenters. The molecule has 0 amide bonds. The van der Waals surface area contributed by atoms with Crippen LogP contribution in [0.1, 0.15) is 28.8 Å². The maximum Gasteiger partial charge on any atom is 0.121 e. The highest BCUT2D eigenvalue weighted by atomic mass is 35.5. The molecule has 2 N–H and O–H groups in total. The van der Waals surface area contributed by atoms with Crippen molar-refractivity contribution < 1.29 is 14.9 Å². The molecule has 0 saturated carbocycles. The number of anilines is 1. The van der Waals surface area contributed by atoms with Crippen molar-refractivity contribution in [3.05, 3.63) is 93.5 Å². The summed E-state index contributed by atoms with van der Waals surface area (Å²) in [6, 6.07) is 22.7. The van der Waals surface area contributed by atoms with Crippen molar-refractivity contribution in [1.29, 1.82) is 5.26 Å². The third kappa shape index (κ3) is 5.90. The summed E-state index contributed by atoms with van der Waals surface area (Å²) in [6.45, 7) is 2.18. The van der Waals surface area contributed by atoms with Gasteiger partial charge >= 0.3 is 0 Å². The largest absolute Gasteiger partial charge is 0.491 e. The second kappa shape index (κ2) is 11.8. The van der Waals surface area contributed by atoms with Crippen LogP contribution >= 0.6 is 23.2 Å². The fourth-order valence-corrected chi connectivity index (χ4v) is 4.94. The number of ether oxygens (including phenoxy) is 1. The van der Waals surface area contributed by atoms with E-state index in [4.69, 9.17) is 38.3 Å². The molecule has 35 heavy (non-hydrogen) atoms. The lowest BCUT2D eigenvalue weighted by molar-refractivity contribution is 0.103. The van der Waals surface area contributed by atoms with Gasteiger partial charge in [0.2, 0.25) is 0 Å². The maximum atomic E-state index is 10.3. The summed E-state index contributed by atoms with van der Waals surface area (Å²) in [5.41, 5.74) is 3.54. The minimum absolute atomic E-state index is 0.0309. The van der Waals surface area contributed by atoms with E-state index in [1.807, 2.05) is 48.5 Å². The van der Waals surface area contributed by atoms with E-state index < -0.39 is 0 Å². The van der Waals surface area contributed by atoms with Gasteiger partial charge in [0.15, 0.2) is 0 Å². The van der Waals surface area contributed by atoms with E-state index in [9.17, 15) is 5.11 Å². The number of hydrogen-bond acceptors (Lipinski definition) is 6. The van der Waals surface area contributed by atoms with E-state index in [1.165, 1.54) is 0 Å². The molecule has 1 heterocycles. The van der Waals surface area contributed by atoms with Gasteiger partial charge in [-0.1, -0.05) is 47.5 Å². The molecule has 4 rings (SSSR count). The Hall–Kier alpha value is -2.79. The number of halogens is 2. The summed E-state index contributed by atoms with van der Waals surface area (Å²) in [6.07, 6.45) is 0. The maximum absolute atomic E-state index is 10.3. The van der Waals surface area contributed by atoms with E-state index in [2.05, 4.69) is 15.9 Å². The van der Waals surface area contributed by atoms with Crippen molar-refractivity contribution in [1.82, 2.24) is 4.90 Å². The molecule has 6 nitrogen and oxygen atoms in total. The topological polar surface area (TPSA) is 80.0 Å². The zero-order chi connectivity index (χ0) is 24.8. The number of benzene rings is 3. The summed E-state index contributed by atoms with van der Waals surface area (Å²) in [7, 11) is 0. The molecule has 3 aromatic rings. The van der Waals surface area contributed by atoms with Gasteiger partial charge in [-0.25, -0.2) is 0 Å². The third-order valence-electron chi connectivity index (χ3n) is 6.29. The predicted octanol–water partition coefficient (Wildman–Crippen LogP) is 4.83. The van der Waals surface area contributed by atoms with Crippen LogP contribution in [0.2, 0.25) is 10.0 Å². The minimum atomic E-state index is -0.190. The Bertz CT molecular complexity index is 1170. The summed E-state index contributed by atoms with van der Waals surface area (Å²) >= 11 is 12.8. The van der Waals surface area contributed by atoms with E-state index in [-0.39, 0.29) is 31.9 Å². The Kier molecular flexibility index (Phi) is 8.50. The highest BCUT2D eigenvalue weighted by molar-refractivity contribution is 6.33. The molecule has 1 aliphatic heterocycles. The Morgan fingerprint density at radius 3 is 2.37 bits per heavy atom. The van der Waals surface area contributed by atoms with Crippen molar-refractivity contribution in [3.63, 3.8) is 0 Å². The average Bonchev–Trinajstić information content (AvgIpc) is 2.89. The standard InChI is InChI=1S/C27H27Cl2N3O3/c28-22-7-5-20(6-8-22)26-17-31(27(18-34)21-3-1-19(16-30)2-4-21)11-12-32(26)25-10-9-23(15-24(25)29)35-14-13-33/h1-10,15,26-27,33-34H,11-14,17-18H2/t26-,27?/m0/s1. The van der Waals surface area contributed by atoms with E-state index in [0.29, 0.717) is 41.0 Å². The van der Waals surface area contributed by atoms with E-state index >= 15 is 0 Å². The molecule has 0 radical (unpaired) electrons. The van der Waals surface area contributed by atoms with Crippen molar-refractivity contribution >= 4 is 28.9 Å². The number of nitrogens with zero attached hydrogens (tertiary/aromatic N) is 3.